The van der Waals surface area contributed by atoms with Crippen molar-refractivity contribution in [3.8, 4) is 0 Å². The van der Waals surface area contributed by atoms with Crippen LogP contribution in [0.4, 0.5) is 0 Å². The smallest absolute Gasteiger partial charge is 0.221 e. The lowest BCUT2D eigenvalue weighted by molar-refractivity contribution is -0.122. The molecule has 1 fully saturated rings. The second-order valence-electron chi connectivity index (χ2n) is 5.78. The minimum absolute atomic E-state index is 0.109. The molecule has 0 saturated heterocycles. The zero-order chi connectivity index (χ0) is 11.5. The van der Waals surface area contributed by atoms with Crippen LogP contribution < -0.4 is 10.6 Å². The first-order valence-corrected chi connectivity index (χ1v) is 5.91. The van der Waals surface area contributed by atoms with Gasteiger partial charge in [-0.15, -0.1) is 0 Å². The molecule has 15 heavy (non-hydrogen) atoms. The summed E-state index contributed by atoms with van der Waals surface area (Å²) in [6, 6.07) is 0.655. The maximum absolute atomic E-state index is 11.5. The van der Waals surface area contributed by atoms with Crippen LogP contribution in [0.5, 0.6) is 0 Å². The van der Waals surface area contributed by atoms with Gasteiger partial charge in [-0.1, -0.05) is 6.92 Å². The first-order chi connectivity index (χ1) is 6.87. The van der Waals surface area contributed by atoms with Crippen molar-refractivity contribution < 1.29 is 4.79 Å². The predicted octanol–water partition coefficient (Wildman–Crippen LogP) is 1.68. The Balaban J connectivity index is 2.02. The van der Waals surface area contributed by atoms with Crippen molar-refractivity contribution in [3.63, 3.8) is 0 Å². The molecule has 1 aliphatic rings. The summed E-state index contributed by atoms with van der Waals surface area (Å²) in [5, 5.41) is 6.36. The van der Waals surface area contributed by atoms with E-state index in [0.29, 0.717) is 12.5 Å². The highest BCUT2D eigenvalue weighted by molar-refractivity contribution is 5.76. The van der Waals surface area contributed by atoms with E-state index in [2.05, 4.69) is 17.6 Å². The molecule has 0 aliphatic heterocycles. The fourth-order valence-electron chi connectivity index (χ4n) is 1.94. The van der Waals surface area contributed by atoms with E-state index in [-0.39, 0.29) is 11.4 Å². The summed E-state index contributed by atoms with van der Waals surface area (Å²) in [4.78, 5) is 11.5. The average Bonchev–Trinajstić information content (AvgIpc) is 1.97. The van der Waals surface area contributed by atoms with Gasteiger partial charge in [-0.2, -0.15) is 0 Å². The normalized spacial score (nSPS) is 25.9. The molecule has 88 valence electrons. The second-order valence-corrected chi connectivity index (χ2v) is 5.78. The fraction of sp³-hybridized carbons (Fsp3) is 0.917. The third kappa shape index (κ3) is 5.17. The van der Waals surface area contributed by atoms with Gasteiger partial charge < -0.3 is 10.6 Å². The fourth-order valence-corrected chi connectivity index (χ4v) is 1.94. The second kappa shape index (κ2) is 4.97. The molecule has 0 bridgehead atoms. The van der Waals surface area contributed by atoms with Gasteiger partial charge in [0.25, 0.3) is 0 Å². The average molecular weight is 212 g/mol. The van der Waals surface area contributed by atoms with Crippen LogP contribution in [0, 0.1) is 5.92 Å². The van der Waals surface area contributed by atoms with Crippen LogP contribution in [-0.4, -0.2) is 24.0 Å². The van der Waals surface area contributed by atoms with Gasteiger partial charge >= 0.3 is 0 Å². The van der Waals surface area contributed by atoms with Gasteiger partial charge in [-0.25, -0.2) is 0 Å². The van der Waals surface area contributed by atoms with Crippen molar-refractivity contribution in [2.75, 3.05) is 6.54 Å². The molecule has 1 aliphatic carbocycles. The van der Waals surface area contributed by atoms with Gasteiger partial charge in [-0.3, -0.25) is 4.79 Å². The highest BCUT2D eigenvalue weighted by Gasteiger charge is 2.24. The first-order valence-electron chi connectivity index (χ1n) is 5.91. The summed E-state index contributed by atoms with van der Waals surface area (Å²) in [6.07, 6.45) is 3.12. The van der Waals surface area contributed by atoms with Gasteiger partial charge in [0.2, 0.25) is 5.91 Å². The molecule has 0 heterocycles. The number of amides is 1. The van der Waals surface area contributed by atoms with E-state index in [1.807, 2.05) is 20.8 Å². The molecule has 0 spiro atoms. The maximum Gasteiger partial charge on any atom is 0.221 e. The van der Waals surface area contributed by atoms with E-state index < -0.39 is 0 Å². The van der Waals surface area contributed by atoms with Gasteiger partial charge in [0.05, 0.1) is 0 Å². The minimum Gasteiger partial charge on any atom is -0.351 e. The molecule has 1 saturated carbocycles. The van der Waals surface area contributed by atoms with Crippen molar-refractivity contribution >= 4 is 5.91 Å². The van der Waals surface area contributed by atoms with Crippen LogP contribution in [0.15, 0.2) is 0 Å². The summed E-state index contributed by atoms with van der Waals surface area (Å²) in [5.41, 5.74) is -0.109. The van der Waals surface area contributed by atoms with Crippen LogP contribution in [0.25, 0.3) is 0 Å². The predicted molar refractivity (Wildman–Crippen MR) is 62.7 cm³/mol. The summed E-state index contributed by atoms with van der Waals surface area (Å²) in [7, 11) is 0. The molecule has 0 radical (unpaired) electrons. The van der Waals surface area contributed by atoms with Crippen molar-refractivity contribution in [2.45, 2.75) is 58.5 Å². The molecular weight excluding hydrogens is 188 g/mol. The Labute approximate surface area is 93.0 Å². The van der Waals surface area contributed by atoms with E-state index in [1.165, 1.54) is 12.8 Å². The van der Waals surface area contributed by atoms with Crippen molar-refractivity contribution in [3.05, 3.63) is 0 Å². The molecule has 2 N–H and O–H groups in total. The van der Waals surface area contributed by atoms with Crippen LogP contribution in [0.1, 0.15) is 47.0 Å². The standard InChI is InChI=1S/C12H24N2O/c1-9-7-10(8-9)13-6-5-11(15)14-12(2,3)4/h9-10,13H,5-8H2,1-4H3,(H,14,15). The van der Waals surface area contributed by atoms with E-state index in [4.69, 9.17) is 0 Å². The highest BCUT2D eigenvalue weighted by Crippen LogP contribution is 2.25. The quantitative estimate of drug-likeness (QED) is 0.744. The van der Waals surface area contributed by atoms with E-state index in [1.54, 1.807) is 0 Å². The molecule has 3 heteroatoms. The molecule has 0 aromatic rings. The molecule has 1 amide bonds. The SMILES string of the molecule is CC1CC(NCCC(=O)NC(C)(C)C)C1. The van der Waals surface area contributed by atoms with E-state index in [0.717, 1.165) is 12.5 Å². The molecular formula is C12H24N2O. The number of nitrogens with one attached hydrogen (secondary N) is 2. The Kier molecular flexibility index (Phi) is 4.14. The maximum atomic E-state index is 11.5. The lowest BCUT2D eigenvalue weighted by Crippen LogP contribution is -2.44. The Morgan fingerprint density at radius 1 is 1.33 bits per heavy atom. The molecule has 1 rings (SSSR count). The first kappa shape index (κ1) is 12.5. The number of carbonyl (C=O) groups is 1. The topological polar surface area (TPSA) is 41.1 Å². The number of hydrogen-bond acceptors (Lipinski definition) is 2. The van der Waals surface area contributed by atoms with Crippen LogP contribution in [0.3, 0.4) is 0 Å². The number of rotatable bonds is 4. The lowest BCUT2D eigenvalue weighted by atomic mass is 9.82. The molecule has 0 aromatic heterocycles. The van der Waals surface area contributed by atoms with Crippen LogP contribution in [-0.2, 0) is 4.79 Å². The zero-order valence-corrected chi connectivity index (χ0v) is 10.4. The van der Waals surface area contributed by atoms with Gasteiger partial charge in [0, 0.05) is 24.5 Å². The van der Waals surface area contributed by atoms with E-state index >= 15 is 0 Å². The Bertz CT molecular complexity index is 214. The van der Waals surface area contributed by atoms with Crippen molar-refractivity contribution in [1.29, 1.82) is 0 Å². The largest absolute Gasteiger partial charge is 0.351 e. The third-order valence-corrected chi connectivity index (χ3v) is 2.67. The third-order valence-electron chi connectivity index (χ3n) is 2.67. The van der Waals surface area contributed by atoms with Crippen LogP contribution in [0.2, 0.25) is 0 Å². The van der Waals surface area contributed by atoms with Gasteiger partial charge in [0.1, 0.15) is 0 Å². The highest BCUT2D eigenvalue weighted by atomic mass is 16.1. The Morgan fingerprint density at radius 3 is 2.40 bits per heavy atom. The Hall–Kier alpha value is -0.570. The molecule has 0 unspecified atom stereocenters. The minimum atomic E-state index is -0.109. The van der Waals surface area contributed by atoms with Gasteiger partial charge in [0.15, 0.2) is 0 Å². The van der Waals surface area contributed by atoms with Crippen molar-refractivity contribution in [1.82, 2.24) is 10.6 Å². The summed E-state index contributed by atoms with van der Waals surface area (Å²) in [5.74, 6) is 1.01. The van der Waals surface area contributed by atoms with Crippen molar-refractivity contribution in [2.24, 2.45) is 5.92 Å². The number of carbonyl (C=O) groups excluding carboxylic acids is 1. The monoisotopic (exact) mass is 212 g/mol. The molecule has 0 atom stereocenters. The Morgan fingerprint density at radius 2 is 1.93 bits per heavy atom. The zero-order valence-electron chi connectivity index (χ0n) is 10.4. The molecule has 3 nitrogen and oxygen atoms in total. The number of hydrogen-bond donors (Lipinski definition) is 2. The van der Waals surface area contributed by atoms with Crippen LogP contribution >= 0.6 is 0 Å². The summed E-state index contributed by atoms with van der Waals surface area (Å²) in [6.45, 7) is 9.09. The lowest BCUT2D eigenvalue weighted by Gasteiger charge is -2.33. The summed E-state index contributed by atoms with van der Waals surface area (Å²) < 4.78 is 0. The van der Waals surface area contributed by atoms with E-state index in [9.17, 15) is 4.79 Å². The summed E-state index contributed by atoms with van der Waals surface area (Å²) >= 11 is 0. The molecule has 0 aromatic carbocycles. The van der Waals surface area contributed by atoms with Gasteiger partial charge in [-0.05, 0) is 39.5 Å².